The van der Waals surface area contributed by atoms with Crippen molar-refractivity contribution >= 4 is 11.8 Å². The number of ether oxygens (including phenoxy) is 1. The molecule has 3 rings (SSSR count). The molecule has 1 saturated carbocycles. The van der Waals surface area contributed by atoms with Gasteiger partial charge < -0.3 is 15.4 Å². The number of hydrogen-bond donors (Lipinski definition) is 1. The van der Waals surface area contributed by atoms with Crippen molar-refractivity contribution in [3.05, 3.63) is 11.8 Å². The number of nitrogens with two attached hydrogens (primary N) is 1. The van der Waals surface area contributed by atoms with Crippen LogP contribution in [0.4, 0.5) is 11.8 Å². The van der Waals surface area contributed by atoms with E-state index in [-0.39, 0.29) is 0 Å². The van der Waals surface area contributed by atoms with Gasteiger partial charge in [-0.1, -0.05) is 6.92 Å². The summed E-state index contributed by atoms with van der Waals surface area (Å²) in [6.45, 7) is 4.74. The van der Waals surface area contributed by atoms with Gasteiger partial charge in [0.05, 0.1) is 12.7 Å². The van der Waals surface area contributed by atoms with Gasteiger partial charge in [-0.15, -0.1) is 0 Å². The first kappa shape index (κ1) is 11.7. The number of aryl methyl sites for hydroxylation is 1. The number of aromatic nitrogens is 2. The van der Waals surface area contributed by atoms with E-state index in [2.05, 4.69) is 21.8 Å². The third-order valence-corrected chi connectivity index (χ3v) is 3.78. The van der Waals surface area contributed by atoms with Gasteiger partial charge >= 0.3 is 0 Å². The lowest BCUT2D eigenvalue weighted by Gasteiger charge is -2.34. The molecule has 0 radical (unpaired) electrons. The molecule has 2 heterocycles. The lowest BCUT2D eigenvalue weighted by molar-refractivity contribution is 0.0261. The Kier molecular flexibility index (Phi) is 3.07. The van der Waals surface area contributed by atoms with Gasteiger partial charge in [0.15, 0.2) is 0 Å². The summed E-state index contributed by atoms with van der Waals surface area (Å²) in [6.07, 6.45) is 5.77. The topological polar surface area (TPSA) is 64.3 Å². The van der Waals surface area contributed by atoms with E-state index in [0.717, 1.165) is 37.9 Å². The number of hydrogen-bond acceptors (Lipinski definition) is 5. The van der Waals surface area contributed by atoms with Gasteiger partial charge in [-0.3, -0.25) is 0 Å². The summed E-state index contributed by atoms with van der Waals surface area (Å²) in [6, 6.07) is 0. The van der Waals surface area contributed by atoms with Gasteiger partial charge in [0, 0.05) is 24.8 Å². The van der Waals surface area contributed by atoms with Crippen molar-refractivity contribution in [3.63, 3.8) is 0 Å². The molecule has 0 spiro atoms. The highest BCUT2D eigenvalue weighted by Gasteiger charge is 2.35. The van der Waals surface area contributed by atoms with E-state index in [1.807, 2.05) is 6.20 Å². The van der Waals surface area contributed by atoms with E-state index in [1.165, 1.54) is 18.4 Å². The zero-order valence-electron chi connectivity index (χ0n) is 10.8. The van der Waals surface area contributed by atoms with E-state index >= 15 is 0 Å². The number of morpholine rings is 1. The fourth-order valence-corrected chi connectivity index (χ4v) is 2.56. The van der Waals surface area contributed by atoms with Crippen LogP contribution in [0.5, 0.6) is 0 Å². The lowest BCUT2D eigenvalue weighted by atomic mass is 10.1. The monoisotopic (exact) mass is 248 g/mol. The molecule has 2 N–H and O–H groups in total. The maximum absolute atomic E-state index is 5.84. The minimum Gasteiger partial charge on any atom is -0.374 e. The molecule has 1 aromatic heterocycles. The Hall–Kier alpha value is -1.36. The molecule has 2 fully saturated rings. The van der Waals surface area contributed by atoms with Crippen LogP contribution in [0.2, 0.25) is 0 Å². The van der Waals surface area contributed by atoms with Crippen molar-refractivity contribution in [2.45, 2.75) is 32.3 Å². The van der Waals surface area contributed by atoms with Gasteiger partial charge in [0.1, 0.15) is 5.82 Å². The van der Waals surface area contributed by atoms with Crippen molar-refractivity contribution in [1.29, 1.82) is 0 Å². The average Bonchev–Trinajstić information content (AvgIpc) is 3.23. The first-order valence-corrected chi connectivity index (χ1v) is 6.76. The second-order valence-corrected chi connectivity index (χ2v) is 5.12. The third kappa shape index (κ3) is 2.27. The molecule has 2 aliphatic rings. The number of anilines is 2. The van der Waals surface area contributed by atoms with Crippen LogP contribution in [0.15, 0.2) is 6.20 Å². The molecule has 5 heteroatoms. The maximum Gasteiger partial charge on any atom is 0.221 e. The quantitative estimate of drug-likeness (QED) is 0.871. The predicted octanol–water partition coefficient (Wildman–Crippen LogP) is 1.24. The molecule has 1 aliphatic heterocycles. The standard InChI is InChI=1S/C13H20N4O/c1-2-9-7-15-13(14)16-12(9)17-5-6-18-11(8-17)10-3-4-10/h7,10-11H,2-6,8H2,1H3,(H2,14,15,16). The Balaban J connectivity index is 1.81. The largest absolute Gasteiger partial charge is 0.374 e. The molecule has 18 heavy (non-hydrogen) atoms. The minimum absolute atomic E-state index is 0.358. The molecule has 98 valence electrons. The summed E-state index contributed by atoms with van der Waals surface area (Å²) >= 11 is 0. The van der Waals surface area contributed by atoms with Gasteiger partial charge in [-0.25, -0.2) is 4.98 Å². The number of nitrogens with zero attached hydrogens (tertiary/aromatic N) is 3. The average molecular weight is 248 g/mol. The predicted molar refractivity (Wildman–Crippen MR) is 70.5 cm³/mol. The smallest absolute Gasteiger partial charge is 0.221 e. The Morgan fingerprint density at radius 2 is 2.33 bits per heavy atom. The SMILES string of the molecule is CCc1cnc(N)nc1N1CCOC(C2CC2)C1. The summed E-state index contributed by atoms with van der Waals surface area (Å²) in [5.41, 5.74) is 6.88. The molecule has 5 nitrogen and oxygen atoms in total. The summed E-state index contributed by atoms with van der Waals surface area (Å²) < 4.78 is 5.84. The summed E-state index contributed by atoms with van der Waals surface area (Å²) in [5.74, 6) is 2.12. The molecule has 0 aromatic carbocycles. The highest BCUT2D eigenvalue weighted by molar-refractivity contribution is 5.49. The summed E-state index contributed by atoms with van der Waals surface area (Å²) in [7, 11) is 0. The van der Waals surface area contributed by atoms with E-state index in [4.69, 9.17) is 10.5 Å². The van der Waals surface area contributed by atoms with E-state index in [9.17, 15) is 0 Å². The second-order valence-electron chi connectivity index (χ2n) is 5.12. The fourth-order valence-electron chi connectivity index (χ4n) is 2.56. The van der Waals surface area contributed by atoms with Crippen LogP contribution in [-0.4, -0.2) is 35.8 Å². The van der Waals surface area contributed by atoms with Crippen molar-refractivity contribution in [2.75, 3.05) is 30.3 Å². The van der Waals surface area contributed by atoms with Crippen LogP contribution in [0, 0.1) is 5.92 Å². The Bertz CT molecular complexity index is 433. The lowest BCUT2D eigenvalue weighted by Crippen LogP contribution is -2.44. The number of rotatable bonds is 3. The van der Waals surface area contributed by atoms with Crippen LogP contribution < -0.4 is 10.6 Å². The first-order valence-electron chi connectivity index (χ1n) is 6.76. The van der Waals surface area contributed by atoms with Gasteiger partial charge in [0.2, 0.25) is 5.95 Å². The first-order chi connectivity index (χ1) is 8.78. The highest BCUT2D eigenvalue weighted by Crippen LogP contribution is 2.36. The van der Waals surface area contributed by atoms with Crippen LogP contribution in [-0.2, 0) is 11.2 Å². The Morgan fingerprint density at radius 1 is 1.50 bits per heavy atom. The van der Waals surface area contributed by atoms with Crippen molar-refractivity contribution < 1.29 is 4.74 Å². The van der Waals surface area contributed by atoms with Gasteiger partial charge in [-0.05, 0) is 25.2 Å². The maximum atomic E-state index is 5.84. The van der Waals surface area contributed by atoms with Gasteiger partial charge in [-0.2, -0.15) is 4.98 Å². The van der Waals surface area contributed by atoms with Crippen LogP contribution in [0.1, 0.15) is 25.3 Å². The second kappa shape index (κ2) is 4.72. The van der Waals surface area contributed by atoms with Gasteiger partial charge in [0.25, 0.3) is 0 Å². The van der Waals surface area contributed by atoms with E-state index in [1.54, 1.807) is 0 Å². The molecule has 1 saturated heterocycles. The van der Waals surface area contributed by atoms with Crippen LogP contribution in [0.25, 0.3) is 0 Å². The molecule has 1 aromatic rings. The van der Waals surface area contributed by atoms with Crippen LogP contribution >= 0.6 is 0 Å². The Labute approximate surface area is 107 Å². The molecule has 0 bridgehead atoms. The molecular weight excluding hydrogens is 228 g/mol. The van der Waals surface area contributed by atoms with E-state index < -0.39 is 0 Å². The zero-order chi connectivity index (χ0) is 12.5. The molecule has 1 atom stereocenters. The fraction of sp³-hybridized carbons (Fsp3) is 0.692. The van der Waals surface area contributed by atoms with Crippen molar-refractivity contribution in [2.24, 2.45) is 5.92 Å². The molecule has 1 aliphatic carbocycles. The highest BCUT2D eigenvalue weighted by atomic mass is 16.5. The zero-order valence-corrected chi connectivity index (χ0v) is 10.8. The minimum atomic E-state index is 0.358. The normalized spacial score (nSPS) is 24.3. The van der Waals surface area contributed by atoms with E-state index in [0.29, 0.717) is 12.1 Å². The Morgan fingerprint density at radius 3 is 3.06 bits per heavy atom. The third-order valence-electron chi connectivity index (χ3n) is 3.78. The number of nitrogen functional groups attached to an aromatic ring is 1. The summed E-state index contributed by atoms with van der Waals surface area (Å²) in [4.78, 5) is 10.8. The molecule has 1 unspecified atom stereocenters. The van der Waals surface area contributed by atoms with Crippen molar-refractivity contribution in [3.8, 4) is 0 Å². The summed E-state index contributed by atoms with van der Waals surface area (Å²) in [5, 5.41) is 0. The molecule has 0 amide bonds. The molecular formula is C13H20N4O. The van der Waals surface area contributed by atoms with Crippen LogP contribution in [0.3, 0.4) is 0 Å². The van der Waals surface area contributed by atoms with Crippen molar-refractivity contribution in [1.82, 2.24) is 9.97 Å².